The standard InChI is InChI=1S/C25H31N5O7S2/c1-5-6-14-10-38-21-17(20(32)30(21)18(14)22(33)35-12-36-23(34)25(2,3)4)28-19(31)16(15-11-39-24(26)27-15)29-37-9-13-7-8-13/h5-6,11,13,17,21H,7-10,12H2,1-4H3,(H2,26,27)(H,28,31)/t17-,21+/m1/s1. The molecule has 0 spiro atoms. The number of nitrogen functional groups attached to an aromatic ring is 1. The SMILES string of the molecule is CC=CC1=C(C(=O)OCOC(=O)C(C)(C)C)N2C(=O)[C@@H](NC(=O)C(=NOCC3CC3)c3csc(N)n3)[C@@H]2SC1. The minimum absolute atomic E-state index is 0.0492. The van der Waals surface area contributed by atoms with Crippen LogP contribution >= 0.6 is 23.1 Å². The number of β-lactam (4-membered cyclic amide) rings is 1. The fourth-order valence-corrected chi connectivity index (χ4v) is 5.55. The average molecular weight is 578 g/mol. The summed E-state index contributed by atoms with van der Waals surface area (Å²) in [5, 5.41) is 8.01. The van der Waals surface area contributed by atoms with E-state index in [1.165, 1.54) is 16.7 Å². The van der Waals surface area contributed by atoms with Crippen LogP contribution in [-0.2, 0) is 33.5 Å². The molecule has 14 heteroatoms. The van der Waals surface area contributed by atoms with Gasteiger partial charge in [-0.1, -0.05) is 17.3 Å². The molecule has 0 bridgehead atoms. The summed E-state index contributed by atoms with van der Waals surface area (Å²) in [6.45, 7) is 6.63. The Kier molecular flexibility index (Phi) is 8.64. The number of thioether (sulfide) groups is 1. The van der Waals surface area contributed by atoms with Crippen molar-refractivity contribution in [1.29, 1.82) is 0 Å². The number of nitrogens with zero attached hydrogens (tertiary/aromatic N) is 3. The molecule has 210 valence electrons. The van der Waals surface area contributed by atoms with E-state index in [1.54, 1.807) is 45.2 Å². The van der Waals surface area contributed by atoms with Crippen molar-refractivity contribution in [3.63, 3.8) is 0 Å². The molecule has 3 N–H and O–H groups in total. The van der Waals surface area contributed by atoms with Crippen LogP contribution < -0.4 is 11.1 Å². The Hall–Kier alpha value is -3.39. The number of aromatic nitrogens is 1. The number of fused-ring (bicyclic) bond motifs is 1. The van der Waals surface area contributed by atoms with Crippen molar-refractivity contribution >= 4 is 57.7 Å². The van der Waals surface area contributed by atoms with E-state index in [0.29, 0.717) is 23.9 Å². The molecular weight excluding hydrogens is 546 g/mol. The molecule has 0 radical (unpaired) electrons. The number of carbonyl (C=O) groups excluding carboxylic acids is 4. The van der Waals surface area contributed by atoms with Gasteiger partial charge in [-0.15, -0.1) is 23.1 Å². The van der Waals surface area contributed by atoms with Gasteiger partial charge in [0, 0.05) is 11.1 Å². The zero-order valence-corrected chi connectivity index (χ0v) is 23.7. The summed E-state index contributed by atoms with van der Waals surface area (Å²) in [5.41, 5.74) is 5.77. The molecule has 2 amide bonds. The third kappa shape index (κ3) is 6.61. The lowest BCUT2D eigenvalue weighted by molar-refractivity contribution is -0.173. The van der Waals surface area contributed by atoms with Crippen LogP contribution in [0, 0.1) is 11.3 Å². The minimum atomic E-state index is -0.916. The predicted octanol–water partition coefficient (Wildman–Crippen LogP) is 2.18. The fraction of sp³-hybridized carbons (Fsp3) is 0.520. The molecule has 1 aliphatic carbocycles. The van der Waals surface area contributed by atoms with Crippen LogP contribution in [0.25, 0.3) is 0 Å². The molecule has 1 aromatic heterocycles. The molecule has 39 heavy (non-hydrogen) atoms. The van der Waals surface area contributed by atoms with E-state index in [0.717, 1.165) is 24.2 Å². The lowest BCUT2D eigenvalue weighted by Gasteiger charge is -2.49. The molecule has 2 aliphatic heterocycles. The van der Waals surface area contributed by atoms with Crippen LogP contribution in [0.15, 0.2) is 34.0 Å². The van der Waals surface area contributed by atoms with Crippen molar-refractivity contribution in [1.82, 2.24) is 15.2 Å². The van der Waals surface area contributed by atoms with Crippen molar-refractivity contribution in [2.75, 3.05) is 24.9 Å². The molecule has 1 saturated carbocycles. The first-order chi connectivity index (χ1) is 18.5. The summed E-state index contributed by atoms with van der Waals surface area (Å²) in [6.07, 6.45) is 5.57. The van der Waals surface area contributed by atoms with Gasteiger partial charge in [-0.25, -0.2) is 9.78 Å². The molecule has 4 rings (SSSR count). The van der Waals surface area contributed by atoms with Crippen LogP contribution in [0.3, 0.4) is 0 Å². The van der Waals surface area contributed by atoms with Crippen molar-refractivity contribution in [2.45, 2.75) is 52.0 Å². The molecule has 0 unspecified atom stereocenters. The summed E-state index contributed by atoms with van der Waals surface area (Å²) < 4.78 is 10.2. The summed E-state index contributed by atoms with van der Waals surface area (Å²) >= 11 is 2.55. The number of ether oxygens (including phenoxy) is 2. The first-order valence-electron chi connectivity index (χ1n) is 12.4. The Balaban J connectivity index is 1.46. The number of rotatable bonds is 10. The minimum Gasteiger partial charge on any atom is -0.427 e. The molecular formula is C25H31N5O7S2. The zero-order chi connectivity index (χ0) is 28.3. The number of allylic oxidation sites excluding steroid dienone is 2. The number of esters is 2. The lowest BCUT2D eigenvalue weighted by Crippen LogP contribution is -2.71. The highest BCUT2D eigenvalue weighted by molar-refractivity contribution is 8.00. The van der Waals surface area contributed by atoms with Gasteiger partial charge in [0.25, 0.3) is 11.8 Å². The Bertz CT molecular complexity index is 1250. The maximum absolute atomic E-state index is 13.2. The highest BCUT2D eigenvalue weighted by Gasteiger charge is 2.54. The topological polar surface area (TPSA) is 163 Å². The van der Waals surface area contributed by atoms with Gasteiger partial charge in [-0.2, -0.15) is 0 Å². The number of amides is 2. The van der Waals surface area contributed by atoms with E-state index in [1.807, 2.05) is 0 Å². The van der Waals surface area contributed by atoms with Gasteiger partial charge in [0.1, 0.15) is 29.4 Å². The highest BCUT2D eigenvalue weighted by atomic mass is 32.2. The maximum atomic E-state index is 13.2. The first kappa shape index (κ1) is 28.6. The number of nitrogens with one attached hydrogen (secondary N) is 1. The Morgan fingerprint density at radius 3 is 2.64 bits per heavy atom. The largest absolute Gasteiger partial charge is 0.427 e. The molecule has 1 saturated heterocycles. The van der Waals surface area contributed by atoms with Crippen LogP contribution in [-0.4, -0.2) is 69.9 Å². The quantitative estimate of drug-likeness (QED) is 0.139. The van der Waals surface area contributed by atoms with Gasteiger partial charge in [0.2, 0.25) is 6.79 Å². The van der Waals surface area contributed by atoms with Crippen molar-refractivity contribution < 1.29 is 33.5 Å². The monoisotopic (exact) mass is 577 g/mol. The highest BCUT2D eigenvalue weighted by Crippen LogP contribution is 2.41. The number of anilines is 1. The summed E-state index contributed by atoms with van der Waals surface area (Å²) in [7, 11) is 0. The molecule has 1 aromatic rings. The van der Waals surface area contributed by atoms with Gasteiger partial charge < -0.3 is 25.4 Å². The van der Waals surface area contributed by atoms with Crippen LogP contribution in [0.2, 0.25) is 0 Å². The second-order valence-corrected chi connectivity index (χ2v) is 12.2. The molecule has 2 fully saturated rings. The van der Waals surface area contributed by atoms with Gasteiger partial charge in [-0.05, 0) is 52.0 Å². The molecule has 3 aliphatic rings. The predicted molar refractivity (Wildman–Crippen MR) is 145 cm³/mol. The number of hydrogen-bond acceptors (Lipinski definition) is 12. The Labute approximate surface area is 234 Å². The second kappa shape index (κ2) is 11.8. The van der Waals surface area contributed by atoms with Gasteiger partial charge in [-0.3, -0.25) is 19.3 Å². The van der Waals surface area contributed by atoms with Crippen LogP contribution in [0.5, 0.6) is 0 Å². The maximum Gasteiger partial charge on any atom is 0.358 e. The van der Waals surface area contributed by atoms with Crippen molar-refractivity contribution in [3.05, 3.63) is 34.5 Å². The second-order valence-electron chi connectivity index (χ2n) is 10.2. The Morgan fingerprint density at radius 2 is 2.03 bits per heavy atom. The number of hydrogen-bond donors (Lipinski definition) is 2. The van der Waals surface area contributed by atoms with E-state index in [2.05, 4.69) is 15.5 Å². The van der Waals surface area contributed by atoms with Gasteiger partial charge in [0.15, 0.2) is 10.8 Å². The summed E-state index contributed by atoms with van der Waals surface area (Å²) in [4.78, 5) is 62.2. The zero-order valence-electron chi connectivity index (χ0n) is 22.1. The average Bonchev–Trinajstić information content (AvgIpc) is 3.62. The van der Waals surface area contributed by atoms with E-state index >= 15 is 0 Å². The lowest BCUT2D eigenvalue weighted by atomic mass is 9.98. The number of thiazole rings is 1. The van der Waals surface area contributed by atoms with E-state index in [4.69, 9.17) is 20.0 Å². The molecule has 12 nitrogen and oxygen atoms in total. The van der Waals surface area contributed by atoms with Crippen molar-refractivity contribution in [2.24, 2.45) is 16.5 Å². The number of carbonyl (C=O) groups is 4. The van der Waals surface area contributed by atoms with Gasteiger partial charge >= 0.3 is 11.9 Å². The molecule has 0 aromatic carbocycles. The van der Waals surface area contributed by atoms with Crippen LogP contribution in [0.1, 0.15) is 46.2 Å². The first-order valence-corrected chi connectivity index (χ1v) is 14.3. The smallest absolute Gasteiger partial charge is 0.358 e. The van der Waals surface area contributed by atoms with E-state index in [9.17, 15) is 19.2 Å². The Morgan fingerprint density at radius 1 is 1.28 bits per heavy atom. The molecule has 3 heterocycles. The number of nitrogens with two attached hydrogens (primary N) is 1. The van der Waals surface area contributed by atoms with E-state index < -0.39 is 47.4 Å². The third-order valence-electron chi connectivity index (χ3n) is 5.98. The normalized spacial score (nSPS) is 21.4. The summed E-state index contributed by atoms with van der Waals surface area (Å²) in [5.74, 6) is -1.65. The van der Waals surface area contributed by atoms with E-state index in [-0.39, 0.29) is 22.2 Å². The van der Waals surface area contributed by atoms with Crippen molar-refractivity contribution in [3.8, 4) is 0 Å². The third-order valence-corrected chi connectivity index (χ3v) is 7.96. The van der Waals surface area contributed by atoms with Gasteiger partial charge in [0.05, 0.1) is 5.41 Å². The molecule has 2 atom stereocenters. The summed E-state index contributed by atoms with van der Waals surface area (Å²) in [6, 6.07) is -0.916. The number of oxime groups is 1. The van der Waals surface area contributed by atoms with Crippen LogP contribution in [0.4, 0.5) is 5.13 Å². The fourth-order valence-electron chi connectivity index (χ4n) is 3.68.